The van der Waals surface area contributed by atoms with Crippen LogP contribution in [0.4, 0.5) is 8.78 Å². The molecule has 0 unspecified atom stereocenters. The number of hydrogen-bond donors (Lipinski definition) is 1. The zero-order valence-corrected chi connectivity index (χ0v) is 20.7. The minimum atomic E-state index is -3.08. The Kier molecular flexibility index (Phi) is 7.49. The van der Waals surface area contributed by atoms with Crippen LogP contribution < -0.4 is 9.47 Å². The van der Waals surface area contributed by atoms with Gasteiger partial charge in [-0.15, -0.1) is 4.70 Å². The van der Waals surface area contributed by atoms with Gasteiger partial charge in [-0.05, 0) is 49.1 Å². The number of azo groups is 2. The zero-order chi connectivity index (χ0) is 26.0. The van der Waals surface area contributed by atoms with Crippen molar-refractivity contribution in [3.05, 3.63) is 69.8 Å². The van der Waals surface area contributed by atoms with Gasteiger partial charge in [0.2, 0.25) is 5.88 Å². The Morgan fingerprint density at radius 1 is 1.19 bits per heavy atom. The summed E-state index contributed by atoms with van der Waals surface area (Å²) in [5.74, 6) is -1.15. The number of fused-ring (bicyclic) bond motifs is 1. The second-order valence-corrected chi connectivity index (χ2v) is 9.04. The SMILES string of the molecule is Cc1c(Cc2ccc(C3=CC[N+](C(C)C)=N3)cc2)c(OC(F)F)nc2c(Cl)ccc(OCC(=O)O)c12. The van der Waals surface area contributed by atoms with Gasteiger partial charge in [-0.1, -0.05) is 35.9 Å². The molecule has 0 aliphatic carbocycles. The second kappa shape index (κ2) is 10.6. The van der Waals surface area contributed by atoms with Crippen molar-refractivity contribution in [3.63, 3.8) is 0 Å². The first-order valence-corrected chi connectivity index (χ1v) is 11.7. The Morgan fingerprint density at radius 2 is 1.92 bits per heavy atom. The molecule has 0 spiro atoms. The summed E-state index contributed by atoms with van der Waals surface area (Å²) < 4.78 is 38.7. The fourth-order valence-corrected chi connectivity index (χ4v) is 4.25. The van der Waals surface area contributed by atoms with Gasteiger partial charge in [0, 0.05) is 29.0 Å². The number of carboxylic acid groups (broad SMARTS) is 1. The number of nitrogens with zero attached hydrogens (tertiary/aromatic N) is 3. The highest BCUT2D eigenvalue weighted by atomic mass is 35.5. The van der Waals surface area contributed by atoms with Gasteiger partial charge in [0.25, 0.3) is 0 Å². The molecular weight excluding hydrogens is 492 g/mol. The number of rotatable bonds is 9. The van der Waals surface area contributed by atoms with Gasteiger partial charge in [-0.25, -0.2) is 9.78 Å². The monoisotopic (exact) mass is 516 g/mol. The molecule has 2 heterocycles. The average molecular weight is 517 g/mol. The lowest BCUT2D eigenvalue weighted by molar-refractivity contribution is -0.604. The molecule has 10 heteroatoms. The van der Waals surface area contributed by atoms with E-state index in [0.717, 1.165) is 23.4 Å². The van der Waals surface area contributed by atoms with E-state index in [0.29, 0.717) is 22.6 Å². The Bertz CT molecular complexity index is 1370. The van der Waals surface area contributed by atoms with Crippen LogP contribution in [-0.4, -0.2) is 46.6 Å². The smallest absolute Gasteiger partial charge is 0.388 e. The number of benzene rings is 2. The van der Waals surface area contributed by atoms with Gasteiger partial charge < -0.3 is 14.6 Å². The zero-order valence-electron chi connectivity index (χ0n) is 20.0. The minimum absolute atomic E-state index is 0.191. The maximum Gasteiger partial charge on any atom is 0.388 e. The van der Waals surface area contributed by atoms with Gasteiger partial charge in [0.05, 0.1) is 10.5 Å². The molecule has 1 aliphatic rings. The van der Waals surface area contributed by atoms with E-state index < -0.39 is 19.2 Å². The van der Waals surface area contributed by atoms with E-state index in [-0.39, 0.29) is 28.6 Å². The van der Waals surface area contributed by atoms with Gasteiger partial charge in [-0.2, -0.15) is 8.78 Å². The fraction of sp³-hybridized carbons (Fsp3) is 0.308. The summed E-state index contributed by atoms with van der Waals surface area (Å²) in [6.45, 7) is 2.97. The molecule has 188 valence electrons. The van der Waals surface area contributed by atoms with Gasteiger partial charge in [0.15, 0.2) is 19.2 Å². The lowest BCUT2D eigenvalue weighted by atomic mass is 9.97. The molecule has 0 atom stereocenters. The summed E-state index contributed by atoms with van der Waals surface area (Å²) in [7, 11) is 0. The third kappa shape index (κ3) is 5.46. The molecule has 4 rings (SSSR count). The minimum Gasteiger partial charge on any atom is -0.481 e. The first-order chi connectivity index (χ1) is 17.1. The molecule has 0 radical (unpaired) electrons. The van der Waals surface area contributed by atoms with Crippen molar-refractivity contribution in [1.82, 2.24) is 4.98 Å². The summed E-state index contributed by atoms with van der Waals surface area (Å²) in [6.07, 6.45) is 2.31. The number of carbonyl (C=O) groups is 1. The van der Waals surface area contributed by atoms with Crippen LogP contribution in [0.15, 0.2) is 47.6 Å². The third-order valence-corrected chi connectivity index (χ3v) is 6.18. The van der Waals surface area contributed by atoms with Crippen LogP contribution in [0.5, 0.6) is 11.6 Å². The molecule has 1 aliphatic heterocycles. The van der Waals surface area contributed by atoms with Crippen LogP contribution >= 0.6 is 11.6 Å². The van der Waals surface area contributed by atoms with Crippen molar-refractivity contribution in [2.45, 2.75) is 39.8 Å². The van der Waals surface area contributed by atoms with E-state index in [1.165, 1.54) is 12.1 Å². The number of aromatic nitrogens is 1. The lowest BCUT2D eigenvalue weighted by Crippen LogP contribution is -2.15. The quantitative estimate of drug-likeness (QED) is 0.348. The molecule has 2 aromatic carbocycles. The Morgan fingerprint density at radius 3 is 2.53 bits per heavy atom. The predicted octanol–water partition coefficient (Wildman–Crippen LogP) is 6.08. The van der Waals surface area contributed by atoms with Crippen LogP contribution in [0.3, 0.4) is 0 Å². The second-order valence-electron chi connectivity index (χ2n) is 8.63. The number of aliphatic carboxylic acids is 1. The van der Waals surface area contributed by atoms with E-state index >= 15 is 0 Å². The summed E-state index contributed by atoms with van der Waals surface area (Å²) in [6, 6.07) is 11.0. The Balaban J connectivity index is 1.73. The molecular formula is C26H25ClF2N3O4+. The molecule has 1 N–H and O–H groups in total. The highest BCUT2D eigenvalue weighted by Crippen LogP contribution is 2.38. The normalized spacial score (nSPS) is 13.3. The lowest BCUT2D eigenvalue weighted by Gasteiger charge is -2.18. The summed E-state index contributed by atoms with van der Waals surface area (Å²) in [4.78, 5) is 15.3. The number of ether oxygens (including phenoxy) is 2. The summed E-state index contributed by atoms with van der Waals surface area (Å²) in [5, 5.41) is 14.3. The van der Waals surface area contributed by atoms with Crippen molar-refractivity contribution in [2.24, 2.45) is 5.11 Å². The maximum atomic E-state index is 13.3. The highest BCUT2D eigenvalue weighted by molar-refractivity contribution is 6.35. The van der Waals surface area contributed by atoms with E-state index in [9.17, 15) is 13.6 Å². The highest BCUT2D eigenvalue weighted by Gasteiger charge is 2.22. The van der Waals surface area contributed by atoms with E-state index in [1.807, 2.05) is 29.0 Å². The number of halogens is 3. The van der Waals surface area contributed by atoms with Crippen molar-refractivity contribution < 1.29 is 32.9 Å². The first kappa shape index (κ1) is 25.5. The van der Waals surface area contributed by atoms with Crippen LogP contribution in [0.1, 0.15) is 36.1 Å². The van der Waals surface area contributed by atoms with Crippen molar-refractivity contribution in [3.8, 4) is 11.6 Å². The molecule has 0 amide bonds. The molecule has 0 fully saturated rings. The van der Waals surface area contributed by atoms with Gasteiger partial charge in [0.1, 0.15) is 11.4 Å². The first-order valence-electron chi connectivity index (χ1n) is 11.3. The number of pyridine rings is 1. The van der Waals surface area contributed by atoms with E-state index in [2.05, 4.69) is 30.0 Å². The third-order valence-electron chi connectivity index (χ3n) is 5.88. The molecule has 0 saturated heterocycles. The Hall–Kier alpha value is -3.59. The van der Waals surface area contributed by atoms with E-state index in [1.54, 1.807) is 6.92 Å². The largest absolute Gasteiger partial charge is 0.481 e. The number of hydrogen-bond acceptors (Lipinski definition) is 5. The molecule has 36 heavy (non-hydrogen) atoms. The molecule has 7 nitrogen and oxygen atoms in total. The van der Waals surface area contributed by atoms with Gasteiger partial charge >= 0.3 is 12.6 Å². The van der Waals surface area contributed by atoms with Crippen LogP contribution in [0.25, 0.3) is 16.6 Å². The summed E-state index contributed by atoms with van der Waals surface area (Å²) >= 11 is 6.30. The standard InChI is InChI=1S/C26H24ClF2N3O4/c1-14(2)32-11-10-20(31-32)17-6-4-16(5-7-17)12-18-15(3)23-21(35-13-22(33)34)9-8-19(27)24(23)30-25(18)36-26(28)29/h4-10,14,26H,11-13H2,1-3H3/p+1. The van der Waals surface area contributed by atoms with E-state index in [4.69, 9.17) is 26.2 Å². The molecule has 0 bridgehead atoms. The van der Waals surface area contributed by atoms with Gasteiger partial charge in [-0.3, -0.25) is 0 Å². The molecule has 1 aromatic heterocycles. The van der Waals surface area contributed by atoms with Crippen molar-refractivity contribution >= 4 is 34.2 Å². The fourth-order valence-electron chi connectivity index (χ4n) is 4.05. The number of alkyl halides is 2. The number of aryl methyl sites for hydroxylation is 1. The molecule has 3 aromatic rings. The maximum absolute atomic E-state index is 13.3. The van der Waals surface area contributed by atoms with Crippen LogP contribution in [0, 0.1) is 6.92 Å². The number of carboxylic acids is 1. The Labute approximate surface area is 211 Å². The topological polar surface area (TPSA) is 84.0 Å². The van der Waals surface area contributed by atoms with Crippen LogP contribution in [0.2, 0.25) is 5.02 Å². The van der Waals surface area contributed by atoms with Crippen LogP contribution in [-0.2, 0) is 11.2 Å². The van der Waals surface area contributed by atoms with Crippen molar-refractivity contribution in [1.29, 1.82) is 0 Å². The average Bonchev–Trinajstić information content (AvgIpc) is 3.32. The summed E-state index contributed by atoms with van der Waals surface area (Å²) in [5.41, 5.74) is 3.86. The molecule has 0 saturated carbocycles. The predicted molar refractivity (Wildman–Crippen MR) is 131 cm³/mol. The van der Waals surface area contributed by atoms with Crippen molar-refractivity contribution in [2.75, 3.05) is 13.2 Å².